The van der Waals surface area contributed by atoms with Crippen molar-refractivity contribution in [1.29, 1.82) is 0 Å². The van der Waals surface area contributed by atoms with Crippen molar-refractivity contribution in [2.75, 3.05) is 0 Å². The Morgan fingerprint density at radius 3 is 2.50 bits per heavy atom. The minimum absolute atomic E-state index is 0.0446. The Kier molecular flexibility index (Phi) is 3.20. The van der Waals surface area contributed by atoms with Gasteiger partial charge >= 0.3 is 6.09 Å². The molecular formula is C17H27NO4. The number of amides is 1. The highest BCUT2D eigenvalue weighted by Gasteiger charge is 2.72. The molecule has 2 saturated carbocycles. The molecule has 3 rings (SSSR count). The number of fused-ring (bicyclic) bond motifs is 5. The number of hydrogen-bond donors (Lipinski definition) is 0. The first-order chi connectivity index (χ1) is 10.0. The maximum atomic E-state index is 12.7. The van der Waals surface area contributed by atoms with Crippen molar-refractivity contribution < 1.29 is 19.1 Å². The number of hydrogen-bond acceptors (Lipinski definition) is 4. The van der Waals surface area contributed by atoms with E-state index in [0.29, 0.717) is 5.92 Å². The summed E-state index contributed by atoms with van der Waals surface area (Å²) in [5.41, 5.74) is -0.538. The van der Waals surface area contributed by atoms with Gasteiger partial charge in [0.15, 0.2) is 12.5 Å². The van der Waals surface area contributed by atoms with Crippen molar-refractivity contribution in [2.24, 2.45) is 16.7 Å². The molecule has 1 heterocycles. The van der Waals surface area contributed by atoms with E-state index in [1.54, 1.807) is 4.90 Å². The quantitative estimate of drug-likeness (QED) is 0.699. The molecular weight excluding hydrogens is 282 g/mol. The van der Waals surface area contributed by atoms with Crippen LogP contribution in [0.1, 0.15) is 54.4 Å². The first kappa shape index (κ1) is 15.8. The Labute approximate surface area is 132 Å². The van der Waals surface area contributed by atoms with Crippen LogP contribution < -0.4 is 0 Å². The lowest BCUT2D eigenvalue weighted by Crippen LogP contribution is -2.53. The lowest BCUT2D eigenvalue weighted by Gasteiger charge is -2.42. The van der Waals surface area contributed by atoms with Crippen LogP contribution in [0.5, 0.6) is 0 Å². The van der Waals surface area contributed by atoms with Crippen molar-refractivity contribution in [2.45, 2.75) is 78.4 Å². The van der Waals surface area contributed by atoms with Crippen LogP contribution in [-0.2, 0) is 14.3 Å². The van der Waals surface area contributed by atoms with Crippen LogP contribution in [0.25, 0.3) is 0 Å². The molecule has 5 heteroatoms. The van der Waals surface area contributed by atoms with E-state index in [0.717, 1.165) is 19.1 Å². The summed E-state index contributed by atoms with van der Waals surface area (Å²) in [5.74, 6) is 0.386. The van der Waals surface area contributed by atoms with Crippen LogP contribution >= 0.6 is 0 Å². The molecule has 0 aromatic rings. The van der Waals surface area contributed by atoms with Crippen molar-refractivity contribution in [3.63, 3.8) is 0 Å². The third kappa shape index (κ3) is 1.87. The zero-order chi connectivity index (χ0) is 16.5. The summed E-state index contributed by atoms with van der Waals surface area (Å²) in [4.78, 5) is 25.7. The molecule has 0 radical (unpaired) electrons. The summed E-state index contributed by atoms with van der Waals surface area (Å²) in [6.45, 7) is 12.3. The fraction of sp³-hybridized carbons (Fsp3) is 0.882. The summed E-state index contributed by atoms with van der Waals surface area (Å²) >= 11 is 0. The van der Waals surface area contributed by atoms with E-state index in [1.807, 2.05) is 20.8 Å². The third-order valence-electron chi connectivity index (χ3n) is 6.33. The van der Waals surface area contributed by atoms with Crippen molar-refractivity contribution in [3.05, 3.63) is 0 Å². The van der Waals surface area contributed by atoms with E-state index in [9.17, 15) is 9.59 Å². The zero-order valence-corrected chi connectivity index (χ0v) is 14.4. The molecule has 0 spiro atoms. The first-order valence-corrected chi connectivity index (χ1v) is 8.15. The van der Waals surface area contributed by atoms with Gasteiger partial charge in [-0.05, 0) is 50.4 Å². The van der Waals surface area contributed by atoms with Crippen LogP contribution in [0, 0.1) is 16.7 Å². The number of ether oxygens (including phenoxy) is 2. The largest absolute Gasteiger partial charge is 0.444 e. The summed E-state index contributed by atoms with van der Waals surface area (Å²) in [5, 5.41) is 0. The maximum absolute atomic E-state index is 12.7. The van der Waals surface area contributed by atoms with Crippen molar-refractivity contribution in [1.82, 2.24) is 4.90 Å². The average molecular weight is 309 g/mol. The fourth-order valence-corrected chi connectivity index (χ4v) is 4.90. The summed E-state index contributed by atoms with van der Waals surface area (Å²) in [6.07, 6.45) is 1.55. The van der Waals surface area contributed by atoms with Crippen LogP contribution in [-0.4, -0.2) is 41.3 Å². The molecule has 1 aliphatic heterocycles. The lowest BCUT2D eigenvalue weighted by molar-refractivity contribution is -0.126. The second-order valence-corrected chi connectivity index (χ2v) is 8.74. The molecule has 1 amide bonds. The molecule has 22 heavy (non-hydrogen) atoms. The maximum Gasteiger partial charge on any atom is 0.413 e. The van der Waals surface area contributed by atoms with Crippen molar-refractivity contribution in [3.8, 4) is 0 Å². The molecule has 5 atom stereocenters. The molecule has 1 saturated heterocycles. The van der Waals surface area contributed by atoms with E-state index in [-0.39, 0.29) is 23.0 Å². The predicted octanol–water partition coefficient (Wildman–Crippen LogP) is 2.97. The SMILES string of the molecule is CC(C)(C)OC(=O)N1[C@H](C=O)O[C@@H]2[C@@H]3CC[C@@](C)([C@@H]21)C3(C)C. The molecule has 0 unspecified atom stereocenters. The number of carbonyl (C=O) groups is 2. The van der Waals surface area contributed by atoms with Crippen LogP contribution in [0.3, 0.4) is 0 Å². The summed E-state index contributed by atoms with van der Waals surface area (Å²) in [6, 6.07) is -0.0775. The molecule has 2 aliphatic carbocycles. The van der Waals surface area contributed by atoms with Gasteiger partial charge in [0.25, 0.3) is 0 Å². The summed E-state index contributed by atoms with van der Waals surface area (Å²) in [7, 11) is 0. The molecule has 2 bridgehead atoms. The van der Waals surface area contributed by atoms with Gasteiger partial charge in [-0.15, -0.1) is 0 Å². The number of carbonyl (C=O) groups excluding carboxylic acids is 2. The highest BCUT2D eigenvalue weighted by Crippen LogP contribution is 2.69. The molecule has 0 N–H and O–H groups in total. The fourth-order valence-electron chi connectivity index (χ4n) is 4.90. The van der Waals surface area contributed by atoms with Gasteiger partial charge in [-0.25, -0.2) is 4.79 Å². The van der Waals surface area contributed by atoms with Crippen LogP contribution in [0.15, 0.2) is 0 Å². The second kappa shape index (κ2) is 4.47. The third-order valence-corrected chi connectivity index (χ3v) is 6.33. The molecule has 5 nitrogen and oxygen atoms in total. The number of nitrogens with zero attached hydrogens (tertiary/aromatic N) is 1. The van der Waals surface area contributed by atoms with Crippen molar-refractivity contribution >= 4 is 12.4 Å². The van der Waals surface area contributed by atoms with Gasteiger partial charge in [-0.1, -0.05) is 20.8 Å². The van der Waals surface area contributed by atoms with Gasteiger partial charge in [-0.3, -0.25) is 9.69 Å². The van der Waals surface area contributed by atoms with E-state index in [4.69, 9.17) is 9.47 Å². The standard InChI is InChI=1S/C17H27NO4/c1-15(2,3)22-14(20)18-11(9-19)21-12-10-7-8-17(6,13(12)18)16(10,4)5/h9-13H,7-8H2,1-6H3/t10-,11-,12+,13+,17-/m0/s1. The van der Waals surface area contributed by atoms with Gasteiger partial charge in [-0.2, -0.15) is 0 Å². The Morgan fingerprint density at radius 1 is 1.32 bits per heavy atom. The normalized spacial score (nSPS) is 42.4. The topological polar surface area (TPSA) is 55.8 Å². The van der Waals surface area contributed by atoms with E-state index < -0.39 is 17.9 Å². The smallest absolute Gasteiger partial charge is 0.413 e. The van der Waals surface area contributed by atoms with E-state index >= 15 is 0 Å². The average Bonchev–Trinajstić information content (AvgIpc) is 2.90. The second-order valence-electron chi connectivity index (χ2n) is 8.74. The van der Waals surface area contributed by atoms with E-state index in [1.165, 1.54) is 0 Å². The van der Waals surface area contributed by atoms with Gasteiger partial charge in [0, 0.05) is 0 Å². The Hall–Kier alpha value is -1.10. The highest BCUT2D eigenvalue weighted by atomic mass is 16.6. The van der Waals surface area contributed by atoms with Gasteiger partial charge in [0.05, 0.1) is 12.1 Å². The highest BCUT2D eigenvalue weighted by molar-refractivity contribution is 5.74. The van der Waals surface area contributed by atoms with Crippen LogP contribution in [0.4, 0.5) is 4.79 Å². The number of aldehydes is 1. The zero-order valence-electron chi connectivity index (χ0n) is 14.4. The predicted molar refractivity (Wildman–Crippen MR) is 81.2 cm³/mol. The monoisotopic (exact) mass is 309 g/mol. The Balaban J connectivity index is 1.96. The Morgan fingerprint density at radius 2 is 1.95 bits per heavy atom. The Bertz CT molecular complexity index is 509. The number of rotatable bonds is 1. The molecule has 124 valence electrons. The summed E-state index contributed by atoms with van der Waals surface area (Å²) < 4.78 is 11.5. The van der Waals surface area contributed by atoms with Gasteiger partial charge in [0.2, 0.25) is 0 Å². The van der Waals surface area contributed by atoms with Gasteiger partial charge in [0.1, 0.15) is 5.60 Å². The minimum Gasteiger partial charge on any atom is -0.444 e. The van der Waals surface area contributed by atoms with Crippen LogP contribution in [0.2, 0.25) is 0 Å². The molecule has 3 aliphatic rings. The molecule has 0 aromatic heterocycles. The minimum atomic E-state index is -0.819. The lowest BCUT2D eigenvalue weighted by atomic mass is 9.69. The first-order valence-electron chi connectivity index (χ1n) is 8.15. The molecule has 3 fully saturated rings. The van der Waals surface area contributed by atoms with E-state index in [2.05, 4.69) is 20.8 Å². The molecule has 0 aromatic carbocycles. The van der Waals surface area contributed by atoms with Gasteiger partial charge < -0.3 is 9.47 Å².